The van der Waals surface area contributed by atoms with E-state index in [1.165, 1.54) is 31.5 Å². The molecule has 1 saturated heterocycles. The van der Waals surface area contributed by atoms with E-state index in [1.807, 2.05) is 0 Å². The topological polar surface area (TPSA) is 58.4 Å². The van der Waals surface area contributed by atoms with Crippen LogP contribution in [0.3, 0.4) is 0 Å². The fraction of sp³-hybridized carbons (Fsp3) is 0.500. The van der Waals surface area contributed by atoms with Crippen molar-refractivity contribution >= 4 is 5.91 Å². The van der Waals surface area contributed by atoms with Crippen molar-refractivity contribution in [2.24, 2.45) is 5.92 Å². The molecule has 5 heteroatoms. The largest absolute Gasteiger partial charge is 0.361 e. The summed E-state index contributed by atoms with van der Waals surface area (Å²) in [5, 5.41) is 6.76. The first kappa shape index (κ1) is 17.7. The molecule has 0 radical (unpaired) electrons. The van der Waals surface area contributed by atoms with E-state index in [2.05, 4.69) is 46.6 Å². The standard InChI is InChI=1S/C20H27N3O2/c1-14-8-10-23(11-9-14)13-18-6-4-17(5-7-18)12-21-20(24)19-15(2)22-25-16(19)3/h4-7,14H,8-13H2,1-3H3,(H,21,24). The van der Waals surface area contributed by atoms with E-state index in [0.29, 0.717) is 23.6 Å². The minimum Gasteiger partial charge on any atom is -0.361 e. The minimum absolute atomic E-state index is 0.136. The van der Waals surface area contributed by atoms with Gasteiger partial charge in [-0.2, -0.15) is 0 Å². The first-order chi connectivity index (χ1) is 12.0. The Balaban J connectivity index is 1.52. The molecule has 25 heavy (non-hydrogen) atoms. The third-order valence-electron chi connectivity index (χ3n) is 5.02. The fourth-order valence-electron chi connectivity index (χ4n) is 3.32. The van der Waals surface area contributed by atoms with Crippen LogP contribution in [0.5, 0.6) is 0 Å². The normalized spacial score (nSPS) is 16.1. The zero-order valence-corrected chi connectivity index (χ0v) is 15.3. The molecule has 1 fully saturated rings. The highest BCUT2D eigenvalue weighted by Gasteiger charge is 2.17. The summed E-state index contributed by atoms with van der Waals surface area (Å²) >= 11 is 0. The third-order valence-corrected chi connectivity index (χ3v) is 5.02. The van der Waals surface area contributed by atoms with Gasteiger partial charge in [0.25, 0.3) is 5.91 Å². The van der Waals surface area contributed by atoms with Crippen LogP contribution in [0.2, 0.25) is 0 Å². The Labute approximate surface area is 149 Å². The lowest BCUT2D eigenvalue weighted by atomic mass is 9.99. The highest BCUT2D eigenvalue weighted by molar-refractivity contribution is 5.96. The first-order valence-electron chi connectivity index (χ1n) is 9.04. The van der Waals surface area contributed by atoms with Gasteiger partial charge in [0.1, 0.15) is 11.3 Å². The van der Waals surface area contributed by atoms with Gasteiger partial charge < -0.3 is 9.84 Å². The smallest absolute Gasteiger partial charge is 0.257 e. The molecule has 0 spiro atoms. The van der Waals surface area contributed by atoms with E-state index in [-0.39, 0.29) is 5.91 Å². The Bertz CT molecular complexity index is 694. The maximum absolute atomic E-state index is 12.3. The number of hydrogen-bond donors (Lipinski definition) is 1. The molecule has 0 unspecified atom stereocenters. The summed E-state index contributed by atoms with van der Waals surface area (Å²) in [5.74, 6) is 1.28. The number of carbonyl (C=O) groups is 1. The van der Waals surface area contributed by atoms with Crippen LogP contribution in [-0.4, -0.2) is 29.1 Å². The molecule has 1 aromatic heterocycles. The summed E-state index contributed by atoms with van der Waals surface area (Å²) in [4.78, 5) is 14.8. The monoisotopic (exact) mass is 341 g/mol. The number of nitrogens with one attached hydrogen (secondary N) is 1. The van der Waals surface area contributed by atoms with Crippen molar-refractivity contribution < 1.29 is 9.32 Å². The minimum atomic E-state index is -0.136. The molecule has 3 rings (SSSR count). The summed E-state index contributed by atoms with van der Waals surface area (Å²) in [5.41, 5.74) is 3.59. The van der Waals surface area contributed by atoms with Gasteiger partial charge in [0.15, 0.2) is 0 Å². The lowest BCUT2D eigenvalue weighted by molar-refractivity contribution is 0.0949. The molecule has 5 nitrogen and oxygen atoms in total. The number of rotatable bonds is 5. The summed E-state index contributed by atoms with van der Waals surface area (Å²) < 4.78 is 5.05. The second-order valence-corrected chi connectivity index (χ2v) is 7.16. The predicted octanol–water partition coefficient (Wildman–Crippen LogP) is 3.45. The third kappa shape index (κ3) is 4.48. The molecule has 1 aliphatic rings. The predicted molar refractivity (Wildman–Crippen MR) is 97.3 cm³/mol. The van der Waals surface area contributed by atoms with Crippen LogP contribution in [0.25, 0.3) is 0 Å². The number of aryl methyl sites for hydroxylation is 2. The molecule has 0 bridgehead atoms. The number of carbonyl (C=O) groups excluding carboxylic acids is 1. The zero-order valence-electron chi connectivity index (χ0n) is 15.3. The number of hydrogen-bond acceptors (Lipinski definition) is 4. The zero-order chi connectivity index (χ0) is 17.8. The summed E-state index contributed by atoms with van der Waals surface area (Å²) in [6.07, 6.45) is 2.59. The molecule has 2 heterocycles. The molecule has 2 aromatic rings. The Morgan fingerprint density at radius 3 is 2.44 bits per heavy atom. The van der Waals surface area contributed by atoms with E-state index in [9.17, 15) is 4.79 Å². The van der Waals surface area contributed by atoms with Crippen LogP contribution in [0.4, 0.5) is 0 Å². The van der Waals surface area contributed by atoms with E-state index < -0.39 is 0 Å². The van der Waals surface area contributed by atoms with Crippen molar-refractivity contribution in [3.05, 3.63) is 52.4 Å². The van der Waals surface area contributed by atoms with Crippen LogP contribution in [0, 0.1) is 19.8 Å². The van der Waals surface area contributed by atoms with Crippen LogP contribution in [-0.2, 0) is 13.1 Å². The van der Waals surface area contributed by atoms with Crippen molar-refractivity contribution in [2.75, 3.05) is 13.1 Å². The van der Waals surface area contributed by atoms with Gasteiger partial charge in [-0.05, 0) is 56.8 Å². The number of piperidine rings is 1. The summed E-state index contributed by atoms with van der Waals surface area (Å²) in [6, 6.07) is 8.51. The average Bonchev–Trinajstić information content (AvgIpc) is 2.95. The number of amides is 1. The maximum atomic E-state index is 12.3. The highest BCUT2D eigenvalue weighted by Crippen LogP contribution is 2.18. The SMILES string of the molecule is Cc1noc(C)c1C(=O)NCc1ccc(CN2CCC(C)CC2)cc1. The molecule has 0 aliphatic carbocycles. The Morgan fingerprint density at radius 2 is 1.84 bits per heavy atom. The van der Waals surface area contributed by atoms with Gasteiger partial charge in [-0.3, -0.25) is 9.69 Å². The average molecular weight is 341 g/mol. The molecule has 1 N–H and O–H groups in total. The Morgan fingerprint density at radius 1 is 1.20 bits per heavy atom. The molecule has 0 saturated carbocycles. The van der Waals surface area contributed by atoms with Gasteiger partial charge in [-0.1, -0.05) is 36.3 Å². The van der Waals surface area contributed by atoms with E-state index in [1.54, 1.807) is 13.8 Å². The van der Waals surface area contributed by atoms with Gasteiger partial charge in [-0.25, -0.2) is 0 Å². The van der Waals surface area contributed by atoms with Gasteiger partial charge in [0.2, 0.25) is 0 Å². The number of benzene rings is 1. The molecular weight excluding hydrogens is 314 g/mol. The van der Waals surface area contributed by atoms with Crippen molar-refractivity contribution in [3.8, 4) is 0 Å². The highest BCUT2D eigenvalue weighted by atomic mass is 16.5. The summed E-state index contributed by atoms with van der Waals surface area (Å²) in [7, 11) is 0. The quantitative estimate of drug-likeness (QED) is 0.905. The second kappa shape index (κ2) is 7.83. The number of nitrogens with zero attached hydrogens (tertiary/aromatic N) is 2. The second-order valence-electron chi connectivity index (χ2n) is 7.16. The van der Waals surface area contributed by atoms with Crippen molar-refractivity contribution in [1.29, 1.82) is 0 Å². The van der Waals surface area contributed by atoms with E-state index in [4.69, 9.17) is 4.52 Å². The van der Waals surface area contributed by atoms with Gasteiger partial charge in [-0.15, -0.1) is 0 Å². The molecule has 1 aromatic carbocycles. The molecule has 134 valence electrons. The van der Waals surface area contributed by atoms with Crippen molar-refractivity contribution in [1.82, 2.24) is 15.4 Å². The van der Waals surface area contributed by atoms with Crippen LogP contribution in [0.1, 0.15) is 52.7 Å². The Hall–Kier alpha value is -2.14. The lowest BCUT2D eigenvalue weighted by Crippen LogP contribution is -2.32. The van der Waals surface area contributed by atoms with Gasteiger partial charge in [0, 0.05) is 13.1 Å². The van der Waals surface area contributed by atoms with Crippen LogP contribution >= 0.6 is 0 Å². The molecule has 0 atom stereocenters. The Kier molecular flexibility index (Phi) is 5.53. The first-order valence-corrected chi connectivity index (χ1v) is 9.04. The summed E-state index contributed by atoms with van der Waals surface area (Å²) in [6.45, 7) is 9.77. The molecular formula is C20H27N3O2. The van der Waals surface area contributed by atoms with Crippen LogP contribution < -0.4 is 5.32 Å². The number of aromatic nitrogens is 1. The number of likely N-dealkylation sites (tertiary alicyclic amines) is 1. The maximum Gasteiger partial charge on any atom is 0.257 e. The van der Waals surface area contributed by atoms with Gasteiger partial charge in [0.05, 0.1) is 5.69 Å². The van der Waals surface area contributed by atoms with E-state index in [0.717, 1.165) is 18.0 Å². The van der Waals surface area contributed by atoms with E-state index >= 15 is 0 Å². The molecule has 1 aliphatic heterocycles. The van der Waals surface area contributed by atoms with Crippen molar-refractivity contribution in [2.45, 2.75) is 46.7 Å². The lowest BCUT2D eigenvalue weighted by Gasteiger charge is -2.30. The molecule has 1 amide bonds. The fourth-order valence-corrected chi connectivity index (χ4v) is 3.32. The van der Waals surface area contributed by atoms with Gasteiger partial charge >= 0.3 is 0 Å². The van der Waals surface area contributed by atoms with Crippen LogP contribution in [0.15, 0.2) is 28.8 Å². The van der Waals surface area contributed by atoms with Crippen molar-refractivity contribution in [3.63, 3.8) is 0 Å².